The minimum atomic E-state index is 0.733. The van der Waals surface area contributed by atoms with Crippen LogP contribution in [-0.2, 0) is 19.5 Å². The highest BCUT2D eigenvalue weighted by Gasteiger charge is 2.13. The van der Waals surface area contributed by atoms with Crippen LogP contribution in [0.15, 0.2) is 31.6 Å². The molecule has 0 aliphatic rings. The van der Waals surface area contributed by atoms with Crippen molar-refractivity contribution in [2.24, 2.45) is 0 Å². The molecule has 2 rings (SSSR count). The Morgan fingerprint density at radius 2 is 1.95 bits per heavy atom. The minimum Gasteiger partial charge on any atom is -0.378 e. The maximum atomic E-state index is 4.61. The molecule has 0 saturated heterocycles. The molecule has 0 aliphatic carbocycles. The monoisotopic (exact) mass is 463 g/mol. The number of nitrogens with one attached hydrogen (secondary N) is 1. The number of anilines is 1. The summed E-state index contributed by atoms with van der Waals surface area (Å²) in [5, 5.41) is 8.06. The van der Waals surface area contributed by atoms with Gasteiger partial charge in [0.05, 0.1) is 22.4 Å². The number of aryl methyl sites for hydroxylation is 2. The van der Waals surface area contributed by atoms with Gasteiger partial charge < -0.3 is 5.32 Å². The van der Waals surface area contributed by atoms with Gasteiger partial charge in [0.15, 0.2) is 0 Å². The first kappa shape index (κ1) is 16.0. The van der Waals surface area contributed by atoms with Gasteiger partial charge in [0.1, 0.15) is 0 Å². The number of rotatable bonds is 5. The fraction of sp³-hybridized carbons (Fsp3) is 0.357. The van der Waals surface area contributed by atoms with Gasteiger partial charge in [-0.1, -0.05) is 22.9 Å². The molecule has 6 heteroatoms. The summed E-state index contributed by atoms with van der Waals surface area (Å²) in [5.41, 5.74) is 3.35. The first-order valence-corrected chi connectivity index (χ1v) is 8.87. The maximum absolute atomic E-state index is 4.61. The van der Waals surface area contributed by atoms with Gasteiger partial charge in [0.2, 0.25) is 0 Å². The van der Waals surface area contributed by atoms with Crippen LogP contribution in [0.2, 0.25) is 0 Å². The normalized spacial score (nSPS) is 10.8. The van der Waals surface area contributed by atoms with Gasteiger partial charge in [0.25, 0.3) is 0 Å². The third kappa shape index (κ3) is 3.46. The van der Waals surface area contributed by atoms with E-state index < -0.39 is 0 Å². The van der Waals surface area contributed by atoms with E-state index >= 15 is 0 Å². The van der Waals surface area contributed by atoms with Gasteiger partial charge >= 0.3 is 0 Å². The fourth-order valence-corrected chi connectivity index (χ4v) is 3.45. The molecule has 20 heavy (non-hydrogen) atoms. The van der Waals surface area contributed by atoms with E-state index in [1.165, 1.54) is 5.69 Å². The molecule has 1 N–H and O–H groups in total. The Morgan fingerprint density at radius 1 is 1.20 bits per heavy atom. The summed E-state index contributed by atoms with van der Waals surface area (Å²) in [7, 11) is 0. The Bertz CT molecular complexity index is 608. The lowest BCUT2D eigenvalue weighted by atomic mass is 10.3. The maximum Gasteiger partial charge on any atom is 0.0767 e. The van der Waals surface area contributed by atoms with Crippen LogP contribution in [-0.4, -0.2) is 9.78 Å². The molecule has 0 aliphatic heterocycles. The van der Waals surface area contributed by atoms with E-state index in [0.29, 0.717) is 0 Å². The molecule has 2 aromatic rings. The van der Waals surface area contributed by atoms with Crippen molar-refractivity contribution in [3.05, 3.63) is 43.0 Å². The number of benzene rings is 1. The van der Waals surface area contributed by atoms with Gasteiger partial charge in [-0.15, -0.1) is 0 Å². The van der Waals surface area contributed by atoms with Crippen LogP contribution in [0.3, 0.4) is 0 Å². The highest BCUT2D eigenvalue weighted by Crippen LogP contribution is 2.28. The summed E-state index contributed by atoms with van der Waals surface area (Å²) >= 11 is 10.7. The second-order valence-corrected chi connectivity index (χ2v) is 6.92. The lowest BCUT2D eigenvalue weighted by Crippen LogP contribution is -2.08. The van der Waals surface area contributed by atoms with E-state index in [0.717, 1.165) is 44.3 Å². The van der Waals surface area contributed by atoms with Crippen molar-refractivity contribution < 1.29 is 0 Å². The third-order valence-corrected chi connectivity index (χ3v) is 5.17. The molecule has 1 heterocycles. The molecule has 0 bridgehead atoms. The van der Waals surface area contributed by atoms with Crippen molar-refractivity contribution in [1.29, 1.82) is 0 Å². The zero-order valence-electron chi connectivity index (χ0n) is 11.4. The van der Waals surface area contributed by atoms with Gasteiger partial charge in [-0.05, 0) is 63.4 Å². The van der Waals surface area contributed by atoms with Crippen LogP contribution in [0.1, 0.15) is 25.2 Å². The molecular weight excluding hydrogens is 450 g/mol. The molecule has 0 atom stereocenters. The summed E-state index contributed by atoms with van der Waals surface area (Å²) in [5.74, 6) is 0. The van der Waals surface area contributed by atoms with Crippen molar-refractivity contribution in [2.45, 2.75) is 33.4 Å². The summed E-state index contributed by atoms with van der Waals surface area (Å²) in [4.78, 5) is 0. The second kappa shape index (κ2) is 7.09. The summed E-state index contributed by atoms with van der Waals surface area (Å²) in [6.07, 6.45) is 0.932. The van der Waals surface area contributed by atoms with Crippen molar-refractivity contribution in [1.82, 2.24) is 9.78 Å². The van der Waals surface area contributed by atoms with Crippen LogP contribution < -0.4 is 5.32 Å². The molecule has 1 aromatic carbocycles. The van der Waals surface area contributed by atoms with Crippen LogP contribution in [0.5, 0.6) is 0 Å². The fourth-order valence-electron chi connectivity index (χ4n) is 2.00. The average Bonchev–Trinajstić information content (AvgIpc) is 2.75. The van der Waals surface area contributed by atoms with Gasteiger partial charge in [-0.25, -0.2) is 0 Å². The zero-order valence-corrected chi connectivity index (χ0v) is 16.1. The largest absolute Gasteiger partial charge is 0.378 e. The topological polar surface area (TPSA) is 29.9 Å². The first-order valence-electron chi connectivity index (χ1n) is 6.49. The number of aromatic nitrogens is 2. The molecule has 0 unspecified atom stereocenters. The summed E-state index contributed by atoms with van der Waals surface area (Å²) < 4.78 is 5.26. The van der Waals surface area contributed by atoms with E-state index in [1.54, 1.807) is 0 Å². The molecule has 0 radical (unpaired) electrons. The Kier molecular flexibility index (Phi) is 5.69. The number of halogens is 3. The molecule has 0 fully saturated rings. The zero-order chi connectivity index (χ0) is 14.7. The van der Waals surface area contributed by atoms with Gasteiger partial charge in [0, 0.05) is 21.2 Å². The molecule has 108 valence electrons. The van der Waals surface area contributed by atoms with Crippen molar-refractivity contribution in [3.8, 4) is 0 Å². The van der Waals surface area contributed by atoms with E-state index in [1.807, 2.05) is 16.8 Å². The molecule has 0 spiro atoms. The van der Waals surface area contributed by atoms with Gasteiger partial charge in [-0.3, -0.25) is 4.68 Å². The Balaban J connectivity index is 2.22. The van der Waals surface area contributed by atoms with E-state index in [2.05, 4.69) is 78.1 Å². The number of hydrogen-bond acceptors (Lipinski definition) is 2. The van der Waals surface area contributed by atoms with Crippen LogP contribution in [0.4, 0.5) is 5.69 Å². The molecule has 3 nitrogen and oxygen atoms in total. The molecule has 1 aromatic heterocycles. The van der Waals surface area contributed by atoms with Crippen LogP contribution in [0, 0.1) is 0 Å². The smallest absolute Gasteiger partial charge is 0.0767 e. The van der Waals surface area contributed by atoms with E-state index in [-0.39, 0.29) is 0 Å². The quantitative estimate of drug-likeness (QED) is 0.643. The Morgan fingerprint density at radius 3 is 2.60 bits per heavy atom. The van der Waals surface area contributed by atoms with Crippen LogP contribution in [0.25, 0.3) is 0 Å². The first-order chi connectivity index (χ1) is 9.56. The van der Waals surface area contributed by atoms with Crippen molar-refractivity contribution >= 4 is 53.5 Å². The van der Waals surface area contributed by atoms with E-state index in [9.17, 15) is 0 Å². The van der Waals surface area contributed by atoms with Gasteiger partial charge in [-0.2, -0.15) is 5.10 Å². The van der Waals surface area contributed by atoms with E-state index in [4.69, 9.17) is 0 Å². The predicted octanol–water partition coefficient (Wildman–Crippen LogP) is 5.37. The summed E-state index contributed by atoms with van der Waals surface area (Å²) in [6, 6.07) is 6.10. The average molecular weight is 466 g/mol. The molecule has 0 amide bonds. The molecule has 0 saturated carbocycles. The Hall–Kier alpha value is -0.330. The minimum absolute atomic E-state index is 0.733. The number of nitrogens with zero attached hydrogens (tertiary/aromatic N) is 2. The van der Waals surface area contributed by atoms with Crippen molar-refractivity contribution in [2.75, 3.05) is 5.32 Å². The number of hydrogen-bond donors (Lipinski definition) is 1. The highest BCUT2D eigenvalue weighted by molar-refractivity contribution is 9.11. The van der Waals surface area contributed by atoms with Crippen molar-refractivity contribution in [3.63, 3.8) is 0 Å². The van der Waals surface area contributed by atoms with Crippen LogP contribution >= 0.6 is 47.8 Å². The lowest BCUT2D eigenvalue weighted by molar-refractivity contribution is 0.619. The lowest BCUT2D eigenvalue weighted by Gasteiger charge is -2.11. The SMILES string of the molecule is CCc1nn(CC)c(CNc2cc(Br)ccc2Br)c1Br. The predicted molar refractivity (Wildman–Crippen MR) is 94.1 cm³/mol. The standard InChI is InChI=1S/C14H16Br3N3/c1-3-11-14(17)13(20(4-2)19-11)8-18-12-7-9(15)5-6-10(12)16/h5-7,18H,3-4,8H2,1-2H3. The second-order valence-electron chi connectivity index (χ2n) is 4.35. The highest BCUT2D eigenvalue weighted by atomic mass is 79.9. The summed E-state index contributed by atoms with van der Waals surface area (Å²) in [6.45, 7) is 5.83. The third-order valence-electron chi connectivity index (χ3n) is 3.07. The Labute approximate surface area is 144 Å². The molecular formula is C14H16Br3N3.